The summed E-state index contributed by atoms with van der Waals surface area (Å²) in [5, 5.41) is 3.62. The van der Waals surface area contributed by atoms with Crippen LogP contribution >= 0.6 is 0 Å². The summed E-state index contributed by atoms with van der Waals surface area (Å²) >= 11 is 0. The zero-order valence-corrected chi connectivity index (χ0v) is 16.5. The van der Waals surface area contributed by atoms with Crippen LogP contribution in [0.15, 0.2) is 71.8 Å². The molecule has 0 fully saturated rings. The summed E-state index contributed by atoms with van der Waals surface area (Å²) < 4.78 is 29.5. The Bertz CT molecular complexity index is 962. The minimum absolute atomic E-state index is 0. The van der Waals surface area contributed by atoms with Gasteiger partial charge < -0.3 is 4.18 Å². The van der Waals surface area contributed by atoms with Crippen molar-refractivity contribution in [2.75, 3.05) is 0 Å². The third kappa shape index (κ3) is 3.30. The maximum absolute atomic E-state index is 12.3. The fourth-order valence-corrected chi connectivity index (χ4v) is 3.62. The van der Waals surface area contributed by atoms with Crippen LogP contribution in [0.5, 0.6) is 0 Å². The molecule has 3 aromatic carbocycles. The van der Waals surface area contributed by atoms with Gasteiger partial charge in [0.15, 0.2) is 0 Å². The average molecular weight is 337 g/mol. The number of benzene rings is 3. The molecule has 0 aliphatic heterocycles. The van der Waals surface area contributed by atoms with E-state index in [0.717, 1.165) is 16.2 Å². The van der Waals surface area contributed by atoms with Gasteiger partial charge in [-0.3, -0.25) is 0 Å². The van der Waals surface area contributed by atoms with E-state index >= 15 is 0 Å². The van der Waals surface area contributed by atoms with Crippen molar-refractivity contribution in [3.8, 4) is 0 Å². The van der Waals surface area contributed by atoms with Gasteiger partial charge in [0.25, 0.3) is 0 Å². The first-order chi connectivity index (χ1) is 9.99. The quantitative estimate of drug-likeness (QED) is 0.315. The maximum Gasteiger partial charge on any atom is 0.339 e. The third-order valence-corrected chi connectivity index (χ3v) is 4.67. The summed E-state index contributed by atoms with van der Waals surface area (Å²) in [5.41, 5.74) is 0. The van der Waals surface area contributed by atoms with E-state index in [1.165, 1.54) is 6.92 Å². The van der Waals surface area contributed by atoms with Crippen LogP contribution in [-0.2, 0) is 14.3 Å². The second kappa shape index (κ2) is 6.82. The minimum Gasteiger partial charge on any atom is -0.384 e. The molecule has 107 valence electrons. The molecule has 22 heavy (non-hydrogen) atoms. The van der Waals surface area contributed by atoms with Crippen LogP contribution in [-0.4, -0.2) is 59.8 Å². The van der Waals surface area contributed by atoms with Crippen LogP contribution in [0.25, 0.3) is 21.5 Å². The normalized spacial score (nSPS) is 11.1. The summed E-state index contributed by atoms with van der Waals surface area (Å²) in [7, 11) is -3.85. The van der Waals surface area contributed by atoms with Crippen LogP contribution in [0.1, 0.15) is 6.92 Å². The van der Waals surface area contributed by atoms with E-state index in [9.17, 15) is 8.42 Å². The molecule has 3 nitrogen and oxygen atoms in total. The molecule has 0 spiro atoms. The Morgan fingerprint density at radius 1 is 0.909 bits per heavy atom. The first kappa shape index (κ1) is 17.7. The topological polar surface area (TPSA) is 43.4 Å². The van der Waals surface area contributed by atoms with E-state index in [1.807, 2.05) is 42.5 Å². The fraction of sp³-hybridized carbons (Fsp3) is 0.0588. The Balaban J connectivity index is 0.00000176. The van der Waals surface area contributed by atoms with E-state index in [0.29, 0.717) is 5.39 Å². The number of rotatable bonds is 3. The molecule has 0 saturated carbocycles. The second-order valence-corrected chi connectivity index (χ2v) is 6.39. The summed E-state index contributed by atoms with van der Waals surface area (Å²) in [5.74, 6) is 0.146. The maximum atomic E-state index is 12.3. The van der Waals surface area contributed by atoms with Crippen molar-refractivity contribution in [3.63, 3.8) is 0 Å². The number of fused-ring (bicyclic) bond motifs is 3. The average Bonchev–Trinajstić information content (AvgIpc) is 2.45. The van der Waals surface area contributed by atoms with Crippen molar-refractivity contribution in [1.82, 2.24) is 0 Å². The Kier molecular flexibility index (Phi) is 5.48. The molecule has 0 unspecified atom stereocenters. The molecule has 0 N–H and O–H groups in total. The van der Waals surface area contributed by atoms with Crippen molar-refractivity contribution >= 4 is 83.0 Å². The number of hydrogen-bond donors (Lipinski definition) is 0. The van der Waals surface area contributed by atoms with Gasteiger partial charge in [-0.15, -0.1) is 0 Å². The Hall–Kier alpha value is -0.694. The predicted molar refractivity (Wildman–Crippen MR) is 90.3 cm³/mol. The molecule has 3 rings (SSSR count). The largest absolute Gasteiger partial charge is 0.384 e. The van der Waals surface area contributed by atoms with Crippen molar-refractivity contribution in [1.29, 1.82) is 0 Å². The fourth-order valence-electron chi connectivity index (χ4n) is 2.46. The smallest absolute Gasteiger partial charge is 0.339 e. The van der Waals surface area contributed by atoms with Crippen LogP contribution in [0.3, 0.4) is 0 Å². The molecule has 0 aliphatic carbocycles. The Morgan fingerprint density at radius 2 is 1.59 bits per heavy atom. The molecule has 0 atom stereocenters. The van der Waals surface area contributed by atoms with Gasteiger partial charge in [-0.1, -0.05) is 55.1 Å². The van der Waals surface area contributed by atoms with Gasteiger partial charge in [-0.05, 0) is 29.1 Å². The van der Waals surface area contributed by atoms with E-state index in [1.54, 1.807) is 12.1 Å². The van der Waals surface area contributed by atoms with Gasteiger partial charge in [0, 0.05) is 56.8 Å². The molecule has 0 bridgehead atoms. The van der Waals surface area contributed by atoms with Crippen molar-refractivity contribution in [2.24, 2.45) is 0 Å². The van der Waals surface area contributed by atoms with Gasteiger partial charge in [0.2, 0.25) is 0 Å². The van der Waals surface area contributed by atoms with Gasteiger partial charge in [-0.2, -0.15) is 8.42 Å². The Labute approximate surface area is 172 Å². The Morgan fingerprint density at radius 3 is 2.32 bits per heavy atom. The van der Waals surface area contributed by atoms with Crippen LogP contribution in [0, 0.1) is 0 Å². The van der Waals surface area contributed by atoms with Crippen LogP contribution < -0.4 is 0 Å². The molecule has 0 heterocycles. The van der Waals surface area contributed by atoms with Gasteiger partial charge in [-0.25, -0.2) is 0 Å². The molecule has 5 heteroatoms. The van der Waals surface area contributed by atoms with Gasteiger partial charge >= 0.3 is 10.1 Å². The van der Waals surface area contributed by atoms with Crippen molar-refractivity contribution < 1.29 is 12.6 Å². The zero-order valence-electron chi connectivity index (χ0n) is 12.5. The second-order valence-electron chi connectivity index (χ2n) is 4.88. The van der Waals surface area contributed by atoms with E-state index in [4.69, 9.17) is 4.18 Å². The number of allylic oxidation sites excluding steroid dienone is 1. The molecular weight excluding hydrogens is 323 g/mol. The van der Waals surface area contributed by atoms with Crippen molar-refractivity contribution in [3.05, 3.63) is 66.9 Å². The third-order valence-electron chi connectivity index (χ3n) is 3.27. The van der Waals surface area contributed by atoms with Crippen molar-refractivity contribution in [2.45, 2.75) is 11.8 Å². The summed E-state index contributed by atoms with van der Waals surface area (Å²) in [4.78, 5) is 0.161. The SMILES string of the molecule is C=C(C)OS(=O)(=O)c1cccc2c1ccc1ccccc12.[K]. The number of hydrogen-bond acceptors (Lipinski definition) is 3. The van der Waals surface area contributed by atoms with Crippen LogP contribution in [0.2, 0.25) is 0 Å². The monoisotopic (exact) mass is 337 g/mol. The molecule has 0 saturated heterocycles. The van der Waals surface area contributed by atoms with Gasteiger partial charge in [0.1, 0.15) is 10.7 Å². The summed E-state index contributed by atoms with van der Waals surface area (Å²) in [6, 6.07) is 16.8. The molecule has 0 amide bonds. The molecule has 0 aliphatic rings. The summed E-state index contributed by atoms with van der Waals surface area (Å²) in [6.07, 6.45) is 0. The standard InChI is InChI=1S/C17H14O3S.K/c1-12(2)20-21(18,19)17-9-5-8-15-14-7-4-3-6-13(14)10-11-16(15)17;/h3-11H,1H2,2H3;. The molecule has 3 aromatic rings. The molecule has 0 aromatic heterocycles. The zero-order chi connectivity index (χ0) is 15.0. The molecule has 1 radical (unpaired) electrons. The van der Waals surface area contributed by atoms with Gasteiger partial charge in [0.05, 0.1) is 0 Å². The van der Waals surface area contributed by atoms with E-state index in [-0.39, 0.29) is 62.0 Å². The van der Waals surface area contributed by atoms with E-state index < -0.39 is 10.1 Å². The van der Waals surface area contributed by atoms with E-state index in [2.05, 4.69) is 6.58 Å². The minimum atomic E-state index is -3.85. The van der Waals surface area contributed by atoms with Crippen LogP contribution in [0.4, 0.5) is 0 Å². The molecular formula is C17H14KO3S. The predicted octanol–water partition coefficient (Wildman–Crippen LogP) is 3.85. The first-order valence-electron chi connectivity index (χ1n) is 6.49. The summed E-state index contributed by atoms with van der Waals surface area (Å²) in [6.45, 7) is 5.01. The first-order valence-corrected chi connectivity index (χ1v) is 7.90.